The molecule has 0 spiro atoms. The van der Waals surface area contributed by atoms with Gasteiger partial charge < -0.3 is 10.3 Å². The van der Waals surface area contributed by atoms with E-state index in [0.717, 1.165) is 41.8 Å². The van der Waals surface area contributed by atoms with Crippen LogP contribution in [0.3, 0.4) is 0 Å². The van der Waals surface area contributed by atoms with E-state index in [0.29, 0.717) is 5.92 Å². The summed E-state index contributed by atoms with van der Waals surface area (Å²) in [5.74, 6) is 1.46. The molecule has 2 atom stereocenters. The summed E-state index contributed by atoms with van der Waals surface area (Å²) in [4.78, 5) is 26.9. The van der Waals surface area contributed by atoms with Crippen LogP contribution in [0.1, 0.15) is 48.1 Å². The number of aryl methyl sites for hydroxylation is 1. The number of nitrogens with one attached hydrogen (secondary N) is 1. The summed E-state index contributed by atoms with van der Waals surface area (Å²) in [6.07, 6.45) is 6.89. The fourth-order valence-corrected chi connectivity index (χ4v) is 4.91. The molecular weight excluding hydrogens is 332 g/mol. The van der Waals surface area contributed by atoms with Crippen molar-refractivity contribution in [2.45, 2.75) is 45.7 Å². The first-order valence-corrected chi connectivity index (χ1v) is 9.70. The second-order valence-electron chi connectivity index (χ2n) is 7.07. The Hall–Kier alpha value is -2.05. The van der Waals surface area contributed by atoms with Gasteiger partial charge in [-0.3, -0.25) is 9.78 Å². The SMILES string of the molecule is C[C@@H]1CCc2c(sc3nc([C@H](C)[NH2+]Cc4cccnc4)[nH]c(=O)c23)C1. The van der Waals surface area contributed by atoms with Crippen LogP contribution in [0.5, 0.6) is 0 Å². The van der Waals surface area contributed by atoms with Crippen molar-refractivity contribution in [3.05, 3.63) is 56.7 Å². The summed E-state index contributed by atoms with van der Waals surface area (Å²) in [5, 5.41) is 3.01. The van der Waals surface area contributed by atoms with E-state index in [1.54, 1.807) is 17.5 Å². The summed E-state index contributed by atoms with van der Waals surface area (Å²) in [6, 6.07) is 4.09. The first-order chi connectivity index (χ1) is 12.1. The zero-order valence-electron chi connectivity index (χ0n) is 14.6. The topological polar surface area (TPSA) is 75.2 Å². The van der Waals surface area contributed by atoms with Crippen molar-refractivity contribution in [3.8, 4) is 0 Å². The van der Waals surface area contributed by atoms with Crippen LogP contribution in [0.2, 0.25) is 0 Å². The molecule has 1 aliphatic rings. The minimum atomic E-state index is 0.0219. The molecule has 4 rings (SSSR count). The molecule has 0 radical (unpaired) electrons. The van der Waals surface area contributed by atoms with Crippen LogP contribution in [0.15, 0.2) is 29.3 Å². The molecule has 130 valence electrons. The van der Waals surface area contributed by atoms with Crippen LogP contribution >= 0.6 is 11.3 Å². The van der Waals surface area contributed by atoms with E-state index in [-0.39, 0.29) is 11.6 Å². The number of thiophene rings is 1. The van der Waals surface area contributed by atoms with Crippen LogP contribution in [0, 0.1) is 5.92 Å². The van der Waals surface area contributed by atoms with E-state index in [4.69, 9.17) is 4.98 Å². The number of fused-ring (bicyclic) bond motifs is 3. The third-order valence-corrected chi connectivity index (χ3v) is 6.19. The average Bonchev–Trinajstić information content (AvgIpc) is 2.98. The highest BCUT2D eigenvalue weighted by atomic mass is 32.1. The maximum atomic E-state index is 12.7. The molecular formula is C19H23N4OS+. The average molecular weight is 355 g/mol. The van der Waals surface area contributed by atoms with Gasteiger partial charge in [0.05, 0.1) is 5.39 Å². The standard InChI is InChI=1S/C19H22N4OS/c1-11-5-6-14-15(8-11)25-19-16(14)18(24)22-17(23-19)12(2)21-10-13-4-3-7-20-9-13/h3-4,7,9,11-12,21H,5-6,8,10H2,1-2H3,(H,22,23,24)/p+1/t11-,12+/m1/s1. The van der Waals surface area contributed by atoms with Crippen molar-refractivity contribution in [2.75, 3.05) is 0 Å². The van der Waals surface area contributed by atoms with Gasteiger partial charge in [0.15, 0.2) is 5.82 Å². The van der Waals surface area contributed by atoms with Gasteiger partial charge in [0, 0.05) is 22.8 Å². The van der Waals surface area contributed by atoms with Crippen LogP contribution in [0.25, 0.3) is 10.2 Å². The molecule has 0 aliphatic heterocycles. The third-order valence-electron chi connectivity index (χ3n) is 5.04. The molecule has 5 nitrogen and oxygen atoms in total. The summed E-state index contributed by atoms with van der Waals surface area (Å²) in [6.45, 7) is 5.18. The van der Waals surface area contributed by atoms with Gasteiger partial charge in [-0.1, -0.05) is 13.0 Å². The predicted octanol–water partition coefficient (Wildman–Crippen LogP) is 2.33. The first kappa shape index (κ1) is 16.4. The Morgan fingerprint density at radius 2 is 2.36 bits per heavy atom. The van der Waals surface area contributed by atoms with Crippen LogP contribution in [-0.2, 0) is 19.4 Å². The highest BCUT2D eigenvalue weighted by Crippen LogP contribution is 2.35. The minimum Gasteiger partial charge on any atom is -0.334 e. The molecule has 6 heteroatoms. The van der Waals surface area contributed by atoms with Gasteiger partial charge in [-0.15, -0.1) is 11.3 Å². The number of quaternary nitrogens is 1. The molecule has 3 heterocycles. The van der Waals surface area contributed by atoms with Gasteiger partial charge in [0.25, 0.3) is 5.56 Å². The number of H-pyrrole nitrogens is 1. The second-order valence-corrected chi connectivity index (χ2v) is 8.16. The molecule has 3 aromatic heterocycles. The van der Waals surface area contributed by atoms with E-state index in [1.165, 1.54) is 16.0 Å². The Bertz CT molecular complexity index is 947. The second kappa shape index (κ2) is 6.69. The maximum absolute atomic E-state index is 12.7. The Morgan fingerprint density at radius 1 is 1.48 bits per heavy atom. The molecule has 1 aliphatic carbocycles. The Morgan fingerprint density at radius 3 is 3.16 bits per heavy atom. The van der Waals surface area contributed by atoms with E-state index < -0.39 is 0 Å². The quantitative estimate of drug-likeness (QED) is 0.754. The number of nitrogens with two attached hydrogens (primary N) is 1. The maximum Gasteiger partial charge on any atom is 0.260 e. The molecule has 0 aromatic carbocycles. The molecule has 0 amide bonds. The molecule has 0 bridgehead atoms. The number of aromatic nitrogens is 3. The fraction of sp³-hybridized carbons (Fsp3) is 0.421. The van der Waals surface area contributed by atoms with Crippen LogP contribution < -0.4 is 10.9 Å². The number of hydrogen-bond donors (Lipinski definition) is 2. The Labute approximate surface area is 150 Å². The van der Waals surface area contributed by atoms with Crippen molar-refractivity contribution in [1.82, 2.24) is 15.0 Å². The molecule has 0 saturated heterocycles. The fourth-order valence-electron chi connectivity index (χ4n) is 3.52. The lowest BCUT2D eigenvalue weighted by atomic mass is 9.89. The van der Waals surface area contributed by atoms with Crippen molar-refractivity contribution >= 4 is 21.6 Å². The molecule has 0 unspecified atom stereocenters. The van der Waals surface area contributed by atoms with Crippen LogP contribution in [0.4, 0.5) is 0 Å². The number of rotatable bonds is 4. The van der Waals surface area contributed by atoms with E-state index in [1.807, 2.05) is 12.3 Å². The van der Waals surface area contributed by atoms with Gasteiger partial charge in [-0.05, 0) is 43.7 Å². The van der Waals surface area contributed by atoms with Gasteiger partial charge >= 0.3 is 0 Å². The van der Waals surface area contributed by atoms with Crippen molar-refractivity contribution in [1.29, 1.82) is 0 Å². The lowest BCUT2D eigenvalue weighted by molar-refractivity contribution is -0.709. The smallest absolute Gasteiger partial charge is 0.260 e. The normalized spacial score (nSPS) is 18.2. The first-order valence-electron chi connectivity index (χ1n) is 8.88. The summed E-state index contributed by atoms with van der Waals surface area (Å²) < 4.78 is 0. The monoisotopic (exact) mass is 355 g/mol. The predicted molar refractivity (Wildman–Crippen MR) is 99.7 cm³/mol. The van der Waals surface area contributed by atoms with E-state index in [9.17, 15) is 4.79 Å². The zero-order chi connectivity index (χ0) is 17.4. The summed E-state index contributed by atoms with van der Waals surface area (Å²) >= 11 is 1.71. The molecule has 0 saturated carbocycles. The largest absolute Gasteiger partial charge is 0.334 e. The highest BCUT2D eigenvalue weighted by molar-refractivity contribution is 7.18. The number of aromatic amines is 1. The van der Waals surface area contributed by atoms with E-state index in [2.05, 4.69) is 35.2 Å². The minimum absolute atomic E-state index is 0.0219. The number of hydrogen-bond acceptors (Lipinski definition) is 4. The lowest BCUT2D eigenvalue weighted by Gasteiger charge is -2.17. The molecule has 0 fully saturated rings. The van der Waals surface area contributed by atoms with Crippen LogP contribution in [-0.4, -0.2) is 15.0 Å². The lowest BCUT2D eigenvalue weighted by Crippen LogP contribution is -2.83. The summed E-state index contributed by atoms with van der Waals surface area (Å²) in [7, 11) is 0. The van der Waals surface area contributed by atoms with Gasteiger partial charge in [0.1, 0.15) is 17.4 Å². The number of pyridine rings is 1. The Kier molecular flexibility index (Phi) is 4.39. The zero-order valence-corrected chi connectivity index (χ0v) is 15.4. The molecule has 3 N–H and O–H groups in total. The van der Waals surface area contributed by atoms with Crippen molar-refractivity contribution in [2.24, 2.45) is 5.92 Å². The third kappa shape index (κ3) is 3.24. The van der Waals surface area contributed by atoms with Crippen molar-refractivity contribution in [3.63, 3.8) is 0 Å². The molecule has 3 aromatic rings. The highest BCUT2D eigenvalue weighted by Gasteiger charge is 2.24. The van der Waals surface area contributed by atoms with Gasteiger partial charge in [-0.25, -0.2) is 4.98 Å². The van der Waals surface area contributed by atoms with Crippen molar-refractivity contribution < 1.29 is 5.32 Å². The Balaban J connectivity index is 1.61. The molecule has 25 heavy (non-hydrogen) atoms. The van der Waals surface area contributed by atoms with E-state index >= 15 is 0 Å². The van der Waals surface area contributed by atoms with Gasteiger partial charge in [-0.2, -0.15) is 0 Å². The van der Waals surface area contributed by atoms with Gasteiger partial charge in [0.2, 0.25) is 0 Å². The summed E-state index contributed by atoms with van der Waals surface area (Å²) in [5.41, 5.74) is 2.43. The number of nitrogens with zero attached hydrogens (tertiary/aromatic N) is 2.